The molecule has 5 atom stereocenters. The SMILES string of the molecule is CC1CN(CC2CCCN2CCOC2CCCCC2C)CC(C)O1. The highest BCUT2D eigenvalue weighted by Gasteiger charge is 2.30. The molecule has 24 heavy (non-hydrogen) atoms. The summed E-state index contributed by atoms with van der Waals surface area (Å²) in [6, 6.07) is 0.717. The zero-order valence-corrected chi connectivity index (χ0v) is 16.1. The first-order chi connectivity index (χ1) is 11.6. The summed E-state index contributed by atoms with van der Waals surface area (Å²) in [6.45, 7) is 13.4. The molecule has 3 fully saturated rings. The van der Waals surface area contributed by atoms with Crippen LogP contribution in [0.4, 0.5) is 0 Å². The van der Waals surface area contributed by atoms with Gasteiger partial charge in [-0.3, -0.25) is 9.80 Å². The van der Waals surface area contributed by atoms with Gasteiger partial charge in [-0.25, -0.2) is 0 Å². The van der Waals surface area contributed by atoms with E-state index in [9.17, 15) is 0 Å². The molecule has 0 aromatic heterocycles. The number of morpholine rings is 1. The molecule has 4 heteroatoms. The zero-order chi connectivity index (χ0) is 16.9. The molecule has 0 bridgehead atoms. The number of hydrogen-bond donors (Lipinski definition) is 0. The molecule has 0 aromatic carbocycles. The van der Waals surface area contributed by atoms with Crippen molar-refractivity contribution < 1.29 is 9.47 Å². The lowest BCUT2D eigenvalue weighted by molar-refractivity contribution is -0.0733. The molecule has 0 aromatic rings. The number of likely N-dealkylation sites (tertiary alicyclic amines) is 1. The number of ether oxygens (including phenoxy) is 2. The van der Waals surface area contributed by atoms with E-state index >= 15 is 0 Å². The van der Waals surface area contributed by atoms with Gasteiger partial charge in [0.05, 0.1) is 24.9 Å². The Bertz CT molecular complexity index is 369. The Morgan fingerprint density at radius 2 is 1.71 bits per heavy atom. The van der Waals surface area contributed by atoms with E-state index < -0.39 is 0 Å². The summed E-state index contributed by atoms with van der Waals surface area (Å²) in [6.07, 6.45) is 9.33. The van der Waals surface area contributed by atoms with Gasteiger partial charge < -0.3 is 9.47 Å². The third kappa shape index (κ3) is 5.17. The Morgan fingerprint density at radius 1 is 0.958 bits per heavy atom. The van der Waals surface area contributed by atoms with Crippen molar-refractivity contribution in [3.63, 3.8) is 0 Å². The van der Waals surface area contributed by atoms with E-state index in [0.717, 1.165) is 38.2 Å². The van der Waals surface area contributed by atoms with E-state index in [0.29, 0.717) is 18.3 Å². The molecule has 4 nitrogen and oxygen atoms in total. The Morgan fingerprint density at radius 3 is 2.46 bits per heavy atom. The van der Waals surface area contributed by atoms with Gasteiger partial charge in [0.1, 0.15) is 0 Å². The minimum Gasteiger partial charge on any atom is -0.377 e. The molecule has 0 radical (unpaired) electrons. The first-order valence-corrected chi connectivity index (χ1v) is 10.3. The Balaban J connectivity index is 1.40. The summed E-state index contributed by atoms with van der Waals surface area (Å²) >= 11 is 0. The van der Waals surface area contributed by atoms with Crippen LogP contribution in [0.25, 0.3) is 0 Å². The molecule has 2 heterocycles. The van der Waals surface area contributed by atoms with Gasteiger partial charge in [-0.2, -0.15) is 0 Å². The van der Waals surface area contributed by atoms with Crippen LogP contribution in [0.1, 0.15) is 59.3 Å². The van der Waals surface area contributed by atoms with Crippen molar-refractivity contribution in [2.75, 3.05) is 39.3 Å². The summed E-state index contributed by atoms with van der Waals surface area (Å²) < 4.78 is 12.1. The molecule has 140 valence electrons. The van der Waals surface area contributed by atoms with Crippen LogP contribution < -0.4 is 0 Å². The van der Waals surface area contributed by atoms with Crippen molar-refractivity contribution >= 4 is 0 Å². The molecule has 3 rings (SSSR count). The standard InChI is InChI=1S/C20H38N2O2/c1-16-7-4-5-9-20(16)23-12-11-22-10-6-8-19(22)15-21-13-17(2)24-18(3)14-21/h16-20H,4-15H2,1-3H3. The maximum absolute atomic E-state index is 6.25. The van der Waals surface area contributed by atoms with Gasteiger partial charge in [-0.05, 0) is 52.0 Å². The Labute approximate surface area is 148 Å². The van der Waals surface area contributed by atoms with Crippen LogP contribution >= 0.6 is 0 Å². The van der Waals surface area contributed by atoms with Crippen molar-refractivity contribution in [3.8, 4) is 0 Å². The van der Waals surface area contributed by atoms with E-state index in [4.69, 9.17) is 9.47 Å². The average Bonchev–Trinajstić information content (AvgIpc) is 2.95. The topological polar surface area (TPSA) is 24.9 Å². The fraction of sp³-hybridized carbons (Fsp3) is 1.00. The predicted molar refractivity (Wildman–Crippen MR) is 98.4 cm³/mol. The summed E-state index contributed by atoms with van der Waals surface area (Å²) in [7, 11) is 0. The van der Waals surface area contributed by atoms with E-state index in [2.05, 4.69) is 30.6 Å². The fourth-order valence-corrected chi connectivity index (χ4v) is 4.98. The van der Waals surface area contributed by atoms with E-state index in [1.807, 2.05) is 0 Å². The molecule has 3 aliphatic rings. The van der Waals surface area contributed by atoms with Crippen LogP contribution in [-0.4, -0.2) is 73.5 Å². The second-order valence-electron chi connectivity index (χ2n) is 8.48. The van der Waals surface area contributed by atoms with Gasteiger partial charge in [-0.1, -0.05) is 19.8 Å². The first kappa shape index (κ1) is 18.6. The zero-order valence-electron chi connectivity index (χ0n) is 16.1. The molecule has 0 N–H and O–H groups in total. The summed E-state index contributed by atoms with van der Waals surface area (Å²) in [5.41, 5.74) is 0. The minimum absolute atomic E-state index is 0.375. The highest BCUT2D eigenvalue weighted by atomic mass is 16.5. The maximum atomic E-state index is 6.25. The largest absolute Gasteiger partial charge is 0.377 e. The molecule has 2 saturated heterocycles. The van der Waals surface area contributed by atoms with Crippen LogP contribution in [-0.2, 0) is 9.47 Å². The molecular formula is C20H38N2O2. The average molecular weight is 339 g/mol. The Hall–Kier alpha value is -0.160. The lowest BCUT2D eigenvalue weighted by Crippen LogP contribution is -2.50. The third-order valence-electron chi connectivity index (χ3n) is 6.21. The highest BCUT2D eigenvalue weighted by molar-refractivity contribution is 4.84. The van der Waals surface area contributed by atoms with Crippen LogP contribution in [0.5, 0.6) is 0 Å². The lowest BCUT2D eigenvalue weighted by Gasteiger charge is -2.38. The van der Waals surface area contributed by atoms with Gasteiger partial charge in [-0.15, -0.1) is 0 Å². The summed E-state index contributed by atoms with van der Waals surface area (Å²) in [4.78, 5) is 5.30. The number of nitrogens with zero attached hydrogens (tertiary/aromatic N) is 2. The highest BCUT2D eigenvalue weighted by Crippen LogP contribution is 2.26. The first-order valence-electron chi connectivity index (χ1n) is 10.3. The van der Waals surface area contributed by atoms with Gasteiger partial charge in [0, 0.05) is 32.2 Å². The summed E-state index contributed by atoms with van der Waals surface area (Å²) in [5, 5.41) is 0. The third-order valence-corrected chi connectivity index (χ3v) is 6.21. The molecule has 5 unspecified atom stereocenters. The molecule has 0 spiro atoms. The van der Waals surface area contributed by atoms with Gasteiger partial charge >= 0.3 is 0 Å². The quantitative estimate of drug-likeness (QED) is 0.743. The molecule has 2 aliphatic heterocycles. The molecule has 1 saturated carbocycles. The lowest BCUT2D eigenvalue weighted by atomic mass is 9.88. The van der Waals surface area contributed by atoms with Crippen molar-refractivity contribution in [3.05, 3.63) is 0 Å². The van der Waals surface area contributed by atoms with E-state index in [1.165, 1.54) is 51.6 Å². The number of hydrogen-bond acceptors (Lipinski definition) is 4. The van der Waals surface area contributed by atoms with Crippen LogP contribution in [0, 0.1) is 5.92 Å². The Kier molecular flexibility index (Phi) is 6.97. The maximum Gasteiger partial charge on any atom is 0.0678 e. The van der Waals surface area contributed by atoms with Crippen molar-refractivity contribution in [2.24, 2.45) is 5.92 Å². The van der Waals surface area contributed by atoms with Crippen molar-refractivity contribution in [1.82, 2.24) is 9.80 Å². The van der Waals surface area contributed by atoms with Crippen molar-refractivity contribution in [2.45, 2.75) is 83.6 Å². The minimum atomic E-state index is 0.375. The van der Waals surface area contributed by atoms with Crippen LogP contribution in [0.2, 0.25) is 0 Å². The second kappa shape index (κ2) is 8.98. The van der Waals surface area contributed by atoms with Gasteiger partial charge in [0.25, 0.3) is 0 Å². The van der Waals surface area contributed by atoms with Crippen molar-refractivity contribution in [1.29, 1.82) is 0 Å². The monoisotopic (exact) mass is 338 g/mol. The smallest absolute Gasteiger partial charge is 0.0678 e. The summed E-state index contributed by atoms with van der Waals surface area (Å²) in [5.74, 6) is 0.754. The second-order valence-corrected chi connectivity index (χ2v) is 8.48. The van der Waals surface area contributed by atoms with Crippen LogP contribution in [0.3, 0.4) is 0 Å². The normalized spacial score (nSPS) is 39.4. The molecular weight excluding hydrogens is 300 g/mol. The van der Waals surface area contributed by atoms with Crippen LogP contribution in [0.15, 0.2) is 0 Å². The van der Waals surface area contributed by atoms with E-state index in [1.54, 1.807) is 0 Å². The molecule has 1 aliphatic carbocycles. The van der Waals surface area contributed by atoms with E-state index in [-0.39, 0.29) is 0 Å². The number of rotatable bonds is 6. The molecule has 0 amide bonds. The van der Waals surface area contributed by atoms with Gasteiger partial charge in [0.2, 0.25) is 0 Å². The predicted octanol–water partition coefficient (Wildman–Crippen LogP) is 3.16. The van der Waals surface area contributed by atoms with Gasteiger partial charge in [0.15, 0.2) is 0 Å². The fourth-order valence-electron chi connectivity index (χ4n) is 4.98.